The molecule has 1 aromatic heterocycles. The van der Waals surface area contributed by atoms with E-state index < -0.39 is 6.04 Å². The Kier molecular flexibility index (Phi) is 4.91. The van der Waals surface area contributed by atoms with E-state index in [0.29, 0.717) is 38.4 Å². The lowest BCUT2D eigenvalue weighted by Gasteiger charge is -2.35. The van der Waals surface area contributed by atoms with E-state index in [2.05, 4.69) is 0 Å². The van der Waals surface area contributed by atoms with E-state index in [0.717, 1.165) is 4.88 Å². The van der Waals surface area contributed by atoms with Crippen molar-refractivity contribution < 1.29 is 14.4 Å². The molecule has 23 heavy (non-hydrogen) atoms. The number of carbonyl (C=O) groups excluding carboxylic acids is 3. The van der Waals surface area contributed by atoms with Gasteiger partial charge in [0.1, 0.15) is 6.04 Å². The number of imide groups is 1. The van der Waals surface area contributed by atoms with Crippen molar-refractivity contribution in [1.29, 1.82) is 0 Å². The Balaban J connectivity index is 1.64. The van der Waals surface area contributed by atoms with Gasteiger partial charge in [0.2, 0.25) is 5.91 Å². The summed E-state index contributed by atoms with van der Waals surface area (Å²) in [6.45, 7) is 1.67. The minimum atomic E-state index is -0.509. The van der Waals surface area contributed by atoms with Gasteiger partial charge in [0.25, 0.3) is 5.91 Å². The third-order valence-corrected chi connectivity index (χ3v) is 5.66. The first kappa shape index (κ1) is 16.3. The van der Waals surface area contributed by atoms with Crippen LogP contribution < -0.4 is 0 Å². The number of rotatable bonds is 5. The van der Waals surface area contributed by atoms with Crippen LogP contribution in [0.1, 0.15) is 4.88 Å². The van der Waals surface area contributed by atoms with E-state index in [1.54, 1.807) is 21.1 Å². The normalized spacial score (nSPS) is 21.1. The number of carbonyl (C=O) groups is 3. The predicted octanol–water partition coefficient (Wildman–Crippen LogP) is 1.13. The van der Waals surface area contributed by atoms with Crippen LogP contribution in [0.15, 0.2) is 17.5 Å². The number of nitrogens with zero attached hydrogens (tertiary/aromatic N) is 3. The highest BCUT2D eigenvalue weighted by atomic mass is 32.2. The molecule has 0 N–H and O–H groups in total. The summed E-state index contributed by atoms with van der Waals surface area (Å²) < 4.78 is 0. The summed E-state index contributed by atoms with van der Waals surface area (Å²) in [5.41, 5.74) is 0. The first-order chi connectivity index (χ1) is 11.1. The molecular weight excluding hydrogens is 334 g/mol. The predicted molar refractivity (Wildman–Crippen MR) is 90.6 cm³/mol. The molecule has 0 spiro atoms. The molecule has 2 aliphatic heterocycles. The largest absolute Gasteiger partial charge is 0.338 e. The van der Waals surface area contributed by atoms with Gasteiger partial charge >= 0.3 is 6.03 Å². The van der Waals surface area contributed by atoms with Gasteiger partial charge in [-0.25, -0.2) is 4.79 Å². The monoisotopic (exact) mass is 353 g/mol. The van der Waals surface area contributed by atoms with Crippen molar-refractivity contribution in [2.24, 2.45) is 0 Å². The summed E-state index contributed by atoms with van der Waals surface area (Å²) in [4.78, 5) is 42.8. The molecule has 124 valence electrons. The smallest absolute Gasteiger partial charge is 0.327 e. The van der Waals surface area contributed by atoms with Gasteiger partial charge < -0.3 is 9.80 Å². The fourth-order valence-corrected chi connectivity index (χ4v) is 4.10. The Morgan fingerprint density at radius 1 is 1.39 bits per heavy atom. The Labute approximate surface area is 143 Å². The first-order valence-corrected chi connectivity index (χ1v) is 9.80. The minimum Gasteiger partial charge on any atom is -0.338 e. The van der Waals surface area contributed by atoms with Gasteiger partial charge in [-0.3, -0.25) is 14.5 Å². The third kappa shape index (κ3) is 3.23. The lowest BCUT2D eigenvalue weighted by Crippen LogP contribution is -2.55. The van der Waals surface area contributed by atoms with Crippen LogP contribution in [0.5, 0.6) is 0 Å². The van der Waals surface area contributed by atoms with E-state index in [4.69, 9.17) is 0 Å². The molecule has 0 saturated carbocycles. The number of fused-ring (bicyclic) bond motifs is 1. The molecule has 1 aromatic rings. The van der Waals surface area contributed by atoms with Gasteiger partial charge in [-0.15, -0.1) is 11.3 Å². The Morgan fingerprint density at radius 3 is 2.91 bits per heavy atom. The second-order valence-corrected chi connectivity index (χ2v) is 7.48. The summed E-state index contributed by atoms with van der Waals surface area (Å²) >= 11 is 3.10. The first-order valence-electron chi connectivity index (χ1n) is 7.53. The molecule has 2 fully saturated rings. The van der Waals surface area contributed by atoms with Crippen molar-refractivity contribution in [3.05, 3.63) is 22.4 Å². The van der Waals surface area contributed by atoms with Crippen LogP contribution in [0.2, 0.25) is 0 Å². The van der Waals surface area contributed by atoms with Crippen molar-refractivity contribution in [3.63, 3.8) is 0 Å². The van der Waals surface area contributed by atoms with Crippen LogP contribution in [0.3, 0.4) is 0 Å². The number of hydrogen-bond acceptors (Lipinski definition) is 5. The SMILES string of the molecule is CSCC(=O)N1CCN2C(=O)N(CCc3cccs3)C(=O)[C@H]2C1. The molecule has 4 amide bonds. The summed E-state index contributed by atoms with van der Waals surface area (Å²) in [7, 11) is 0. The quantitative estimate of drug-likeness (QED) is 0.745. The van der Waals surface area contributed by atoms with Gasteiger partial charge in [0.05, 0.1) is 12.3 Å². The van der Waals surface area contributed by atoms with Crippen LogP contribution in [-0.2, 0) is 16.0 Å². The molecule has 2 aliphatic rings. The molecule has 0 radical (unpaired) electrons. The van der Waals surface area contributed by atoms with E-state index in [9.17, 15) is 14.4 Å². The average molecular weight is 353 g/mol. The number of hydrogen-bond donors (Lipinski definition) is 0. The highest BCUT2D eigenvalue weighted by molar-refractivity contribution is 7.99. The van der Waals surface area contributed by atoms with Crippen LogP contribution in [0.25, 0.3) is 0 Å². The maximum absolute atomic E-state index is 12.6. The van der Waals surface area contributed by atoms with Crippen LogP contribution in [0.4, 0.5) is 4.79 Å². The zero-order valence-corrected chi connectivity index (χ0v) is 14.6. The van der Waals surface area contributed by atoms with Crippen molar-refractivity contribution >= 4 is 40.9 Å². The Morgan fingerprint density at radius 2 is 2.22 bits per heavy atom. The van der Waals surface area contributed by atoms with E-state index in [1.165, 1.54) is 16.7 Å². The van der Waals surface area contributed by atoms with Crippen LogP contribution in [0, 0.1) is 0 Å². The standard InChI is InChI=1S/C15H19N3O3S2/c1-22-10-13(19)16-6-7-17-12(9-16)14(20)18(15(17)21)5-4-11-3-2-8-23-11/h2-3,8,12H,4-7,9-10H2,1H3/t12-/m1/s1. The zero-order valence-electron chi connectivity index (χ0n) is 12.9. The van der Waals surface area contributed by atoms with Crippen LogP contribution in [-0.4, -0.2) is 76.8 Å². The number of piperazine rings is 1. The summed E-state index contributed by atoms with van der Waals surface area (Å²) in [6.07, 6.45) is 2.57. The zero-order chi connectivity index (χ0) is 16.4. The summed E-state index contributed by atoms with van der Waals surface area (Å²) in [5, 5.41) is 1.99. The topological polar surface area (TPSA) is 60.9 Å². The summed E-state index contributed by atoms with van der Waals surface area (Å²) in [5.74, 6) is 0.277. The lowest BCUT2D eigenvalue weighted by molar-refractivity contribution is -0.134. The maximum atomic E-state index is 12.6. The molecule has 3 heterocycles. The molecule has 0 aromatic carbocycles. The van der Waals surface area contributed by atoms with Gasteiger partial charge in [0.15, 0.2) is 0 Å². The van der Waals surface area contributed by atoms with Crippen LogP contribution >= 0.6 is 23.1 Å². The van der Waals surface area contributed by atoms with Crippen molar-refractivity contribution in [3.8, 4) is 0 Å². The molecular formula is C15H19N3O3S2. The third-order valence-electron chi connectivity index (χ3n) is 4.19. The molecule has 0 aliphatic carbocycles. The second kappa shape index (κ2) is 6.92. The van der Waals surface area contributed by atoms with Gasteiger partial charge in [-0.05, 0) is 24.1 Å². The minimum absolute atomic E-state index is 0.0365. The highest BCUT2D eigenvalue weighted by Gasteiger charge is 2.47. The average Bonchev–Trinajstić information content (AvgIpc) is 3.14. The molecule has 0 bridgehead atoms. The Bertz CT molecular complexity index is 605. The molecule has 3 rings (SSSR count). The van der Waals surface area contributed by atoms with Gasteiger partial charge in [-0.1, -0.05) is 6.07 Å². The van der Waals surface area contributed by atoms with E-state index in [-0.39, 0.29) is 17.8 Å². The molecule has 8 heteroatoms. The number of amides is 4. The fourth-order valence-electron chi connectivity index (χ4n) is 2.98. The van der Waals surface area contributed by atoms with E-state index in [1.807, 2.05) is 23.8 Å². The van der Waals surface area contributed by atoms with Gasteiger partial charge in [-0.2, -0.15) is 11.8 Å². The maximum Gasteiger partial charge on any atom is 0.327 e. The van der Waals surface area contributed by atoms with Crippen molar-refractivity contribution in [1.82, 2.24) is 14.7 Å². The lowest BCUT2D eigenvalue weighted by atomic mass is 10.2. The molecule has 6 nitrogen and oxygen atoms in total. The van der Waals surface area contributed by atoms with E-state index >= 15 is 0 Å². The Hall–Kier alpha value is -1.54. The number of thiophene rings is 1. The van der Waals surface area contributed by atoms with Gasteiger partial charge in [0, 0.05) is 24.5 Å². The second-order valence-electron chi connectivity index (χ2n) is 5.58. The highest BCUT2D eigenvalue weighted by Crippen LogP contribution is 2.23. The molecule has 2 saturated heterocycles. The molecule has 1 atom stereocenters. The number of urea groups is 1. The molecule has 0 unspecified atom stereocenters. The summed E-state index contributed by atoms with van der Waals surface area (Å²) in [6, 6.07) is 3.25. The van der Waals surface area contributed by atoms with Crippen molar-refractivity contribution in [2.45, 2.75) is 12.5 Å². The fraction of sp³-hybridized carbons (Fsp3) is 0.533. The number of thioether (sulfide) groups is 1. The van der Waals surface area contributed by atoms with Crippen molar-refractivity contribution in [2.75, 3.05) is 38.2 Å².